The number of rotatable bonds is 2. The van der Waals surface area contributed by atoms with Gasteiger partial charge in [-0.3, -0.25) is 9.89 Å². The Labute approximate surface area is 82.1 Å². The highest BCUT2D eigenvalue weighted by molar-refractivity contribution is 5.98. The third-order valence-corrected chi connectivity index (χ3v) is 2.42. The summed E-state index contributed by atoms with van der Waals surface area (Å²) in [5.74, 6) is 0.0998. The van der Waals surface area contributed by atoms with Gasteiger partial charge in [0.1, 0.15) is 0 Å². The van der Waals surface area contributed by atoms with Crippen molar-refractivity contribution >= 4 is 16.7 Å². The normalized spacial score (nSPS) is 10.7. The van der Waals surface area contributed by atoms with Gasteiger partial charge in [0.15, 0.2) is 5.78 Å². The van der Waals surface area contributed by atoms with Crippen LogP contribution in [-0.4, -0.2) is 16.0 Å². The number of hydrogen-bond acceptors (Lipinski definition) is 2. The molecule has 72 valence electrons. The van der Waals surface area contributed by atoms with E-state index in [9.17, 15) is 4.79 Å². The monoisotopic (exact) mass is 188 g/mol. The Hall–Kier alpha value is -1.64. The van der Waals surface area contributed by atoms with Gasteiger partial charge < -0.3 is 0 Å². The molecule has 0 atom stereocenters. The minimum Gasteiger partial charge on any atom is -0.295 e. The van der Waals surface area contributed by atoms with Crippen LogP contribution < -0.4 is 0 Å². The number of hydrogen-bond donors (Lipinski definition) is 1. The van der Waals surface area contributed by atoms with Gasteiger partial charge >= 0.3 is 0 Å². The molecular weight excluding hydrogens is 176 g/mol. The second-order valence-corrected chi connectivity index (χ2v) is 3.38. The molecule has 1 aromatic heterocycles. The third-order valence-electron chi connectivity index (χ3n) is 2.42. The predicted molar refractivity (Wildman–Crippen MR) is 55.5 cm³/mol. The first kappa shape index (κ1) is 8.94. The zero-order valence-corrected chi connectivity index (χ0v) is 8.29. The minimum atomic E-state index is 0.0998. The maximum atomic E-state index is 11.2. The van der Waals surface area contributed by atoms with Crippen molar-refractivity contribution in [1.82, 2.24) is 10.2 Å². The van der Waals surface area contributed by atoms with E-state index < -0.39 is 0 Å². The molecule has 0 fully saturated rings. The van der Waals surface area contributed by atoms with Crippen LogP contribution in [-0.2, 0) is 6.42 Å². The van der Waals surface area contributed by atoms with Crippen LogP contribution in [0.4, 0.5) is 0 Å². The zero-order valence-electron chi connectivity index (χ0n) is 8.29. The largest absolute Gasteiger partial charge is 0.295 e. The Morgan fingerprint density at radius 2 is 2.29 bits per heavy atom. The number of carbonyl (C=O) groups excluding carboxylic acids is 1. The molecule has 0 aliphatic rings. The van der Waals surface area contributed by atoms with Gasteiger partial charge in [-0.15, -0.1) is 0 Å². The number of fused-ring (bicyclic) bond motifs is 1. The Balaban J connectivity index is 2.73. The summed E-state index contributed by atoms with van der Waals surface area (Å²) < 4.78 is 0. The van der Waals surface area contributed by atoms with E-state index in [0.29, 0.717) is 0 Å². The van der Waals surface area contributed by atoms with Crippen molar-refractivity contribution in [2.45, 2.75) is 20.3 Å². The molecule has 3 heteroatoms. The fourth-order valence-corrected chi connectivity index (χ4v) is 1.61. The second kappa shape index (κ2) is 3.25. The van der Waals surface area contributed by atoms with E-state index in [1.165, 1.54) is 0 Å². The SMILES string of the molecule is CCc1cc(C(C)=O)cc2cn[nH]c12. The average molecular weight is 188 g/mol. The van der Waals surface area contributed by atoms with Crippen LogP contribution in [0.5, 0.6) is 0 Å². The number of aromatic nitrogens is 2. The number of aromatic amines is 1. The number of nitrogens with one attached hydrogen (secondary N) is 1. The predicted octanol–water partition coefficient (Wildman–Crippen LogP) is 2.33. The molecule has 0 saturated carbocycles. The summed E-state index contributed by atoms with van der Waals surface area (Å²) in [5.41, 5.74) is 2.94. The van der Waals surface area contributed by atoms with Crippen LogP contribution in [0, 0.1) is 0 Å². The summed E-state index contributed by atoms with van der Waals surface area (Å²) in [5, 5.41) is 7.93. The molecular formula is C11H12N2O. The van der Waals surface area contributed by atoms with E-state index in [0.717, 1.165) is 28.5 Å². The first-order chi connectivity index (χ1) is 6.72. The summed E-state index contributed by atoms with van der Waals surface area (Å²) in [6.07, 6.45) is 2.65. The summed E-state index contributed by atoms with van der Waals surface area (Å²) in [7, 11) is 0. The van der Waals surface area contributed by atoms with Gasteiger partial charge in [0.2, 0.25) is 0 Å². The molecule has 2 rings (SSSR count). The highest BCUT2D eigenvalue weighted by atomic mass is 16.1. The Kier molecular flexibility index (Phi) is 2.08. The van der Waals surface area contributed by atoms with Crippen molar-refractivity contribution in [1.29, 1.82) is 0 Å². The number of carbonyl (C=O) groups is 1. The first-order valence-electron chi connectivity index (χ1n) is 4.69. The minimum absolute atomic E-state index is 0.0998. The summed E-state index contributed by atoms with van der Waals surface area (Å²) in [6, 6.07) is 3.81. The van der Waals surface area contributed by atoms with E-state index in [-0.39, 0.29) is 5.78 Å². The van der Waals surface area contributed by atoms with Crippen LogP contribution in [0.15, 0.2) is 18.3 Å². The zero-order chi connectivity index (χ0) is 10.1. The molecule has 1 heterocycles. The fourth-order valence-electron chi connectivity index (χ4n) is 1.61. The lowest BCUT2D eigenvalue weighted by molar-refractivity contribution is 0.101. The van der Waals surface area contributed by atoms with E-state index in [1.807, 2.05) is 12.1 Å². The van der Waals surface area contributed by atoms with Crippen molar-refractivity contribution in [3.05, 3.63) is 29.5 Å². The average Bonchev–Trinajstić information content (AvgIpc) is 2.63. The number of ketones is 1. The van der Waals surface area contributed by atoms with Crippen molar-refractivity contribution < 1.29 is 4.79 Å². The fraction of sp³-hybridized carbons (Fsp3) is 0.273. The summed E-state index contributed by atoms with van der Waals surface area (Å²) >= 11 is 0. The molecule has 0 unspecified atom stereocenters. The molecule has 0 saturated heterocycles. The number of benzene rings is 1. The highest BCUT2D eigenvalue weighted by Gasteiger charge is 2.06. The lowest BCUT2D eigenvalue weighted by Crippen LogP contribution is -1.94. The van der Waals surface area contributed by atoms with Gasteiger partial charge in [0, 0.05) is 10.9 Å². The van der Waals surface area contributed by atoms with Crippen molar-refractivity contribution in [3.63, 3.8) is 0 Å². The smallest absolute Gasteiger partial charge is 0.159 e. The molecule has 0 bridgehead atoms. The first-order valence-corrected chi connectivity index (χ1v) is 4.69. The Morgan fingerprint density at radius 1 is 1.50 bits per heavy atom. The lowest BCUT2D eigenvalue weighted by Gasteiger charge is -2.02. The maximum absolute atomic E-state index is 11.2. The Morgan fingerprint density at radius 3 is 2.93 bits per heavy atom. The molecule has 1 N–H and O–H groups in total. The number of Topliss-reactive ketones (excluding diaryl/α,β-unsaturated/α-hetero) is 1. The molecule has 0 radical (unpaired) electrons. The number of nitrogens with zero attached hydrogens (tertiary/aromatic N) is 1. The standard InChI is InChI=1S/C11H12N2O/c1-3-8-4-9(7(2)14)5-10-6-12-13-11(8)10/h4-6H,3H2,1-2H3,(H,12,13). The quantitative estimate of drug-likeness (QED) is 0.735. The maximum Gasteiger partial charge on any atom is 0.159 e. The van der Waals surface area contributed by atoms with Crippen LogP contribution >= 0.6 is 0 Å². The van der Waals surface area contributed by atoms with Crippen LogP contribution in [0.25, 0.3) is 10.9 Å². The lowest BCUT2D eigenvalue weighted by atomic mass is 10.0. The van der Waals surface area contributed by atoms with E-state index >= 15 is 0 Å². The van der Waals surface area contributed by atoms with E-state index in [4.69, 9.17) is 0 Å². The van der Waals surface area contributed by atoms with E-state index in [2.05, 4.69) is 17.1 Å². The second-order valence-electron chi connectivity index (χ2n) is 3.38. The molecule has 0 amide bonds. The van der Waals surface area contributed by atoms with Gasteiger partial charge in [-0.05, 0) is 31.0 Å². The van der Waals surface area contributed by atoms with Gasteiger partial charge in [-0.1, -0.05) is 6.92 Å². The molecule has 0 aliphatic heterocycles. The van der Waals surface area contributed by atoms with Crippen LogP contribution in [0.2, 0.25) is 0 Å². The van der Waals surface area contributed by atoms with Crippen LogP contribution in [0.1, 0.15) is 29.8 Å². The molecule has 2 aromatic rings. The Bertz CT molecular complexity index is 485. The summed E-state index contributed by atoms with van der Waals surface area (Å²) in [4.78, 5) is 11.2. The highest BCUT2D eigenvalue weighted by Crippen LogP contribution is 2.19. The van der Waals surface area contributed by atoms with Gasteiger partial charge in [0.25, 0.3) is 0 Å². The number of H-pyrrole nitrogens is 1. The molecule has 1 aromatic carbocycles. The number of aryl methyl sites for hydroxylation is 1. The molecule has 3 nitrogen and oxygen atoms in total. The van der Waals surface area contributed by atoms with Gasteiger partial charge in [-0.25, -0.2) is 0 Å². The van der Waals surface area contributed by atoms with Crippen molar-refractivity contribution in [3.8, 4) is 0 Å². The topological polar surface area (TPSA) is 45.8 Å². The van der Waals surface area contributed by atoms with Crippen molar-refractivity contribution in [2.75, 3.05) is 0 Å². The summed E-state index contributed by atoms with van der Waals surface area (Å²) in [6.45, 7) is 3.65. The molecule has 0 spiro atoms. The molecule has 0 aliphatic carbocycles. The van der Waals surface area contributed by atoms with Crippen LogP contribution in [0.3, 0.4) is 0 Å². The van der Waals surface area contributed by atoms with Crippen molar-refractivity contribution in [2.24, 2.45) is 0 Å². The van der Waals surface area contributed by atoms with E-state index in [1.54, 1.807) is 13.1 Å². The van der Waals surface area contributed by atoms with Gasteiger partial charge in [0.05, 0.1) is 11.7 Å². The third kappa shape index (κ3) is 1.31. The van der Waals surface area contributed by atoms with Gasteiger partial charge in [-0.2, -0.15) is 5.10 Å². The molecule has 14 heavy (non-hydrogen) atoms.